The van der Waals surface area contributed by atoms with Gasteiger partial charge in [0.2, 0.25) is 0 Å². The van der Waals surface area contributed by atoms with Gasteiger partial charge in [0.1, 0.15) is 11.3 Å². The molecule has 3 heterocycles. The Balaban J connectivity index is 1.05. The Labute approximate surface area is 259 Å². The summed E-state index contributed by atoms with van der Waals surface area (Å²) in [5.74, 6) is -0.0660. The number of carbonyl (C=O) groups is 4. The zero-order chi connectivity index (χ0) is 31.2. The van der Waals surface area contributed by atoms with E-state index in [1.54, 1.807) is 60.9 Å². The number of H-pyrrole nitrogens is 1. The number of likely N-dealkylation sites (tertiary alicyclic amines) is 1. The number of nitrogens with zero attached hydrogens (tertiary/aromatic N) is 2. The highest BCUT2D eigenvalue weighted by Gasteiger charge is 2.67. The predicted octanol–water partition coefficient (Wildman–Crippen LogP) is 6.21. The van der Waals surface area contributed by atoms with Crippen molar-refractivity contribution >= 4 is 46.0 Å². The highest BCUT2D eigenvalue weighted by molar-refractivity contribution is 6.12. The fraction of sp³-hybridized carbons (Fsp3) is 0.278. The van der Waals surface area contributed by atoms with E-state index in [0.29, 0.717) is 42.4 Å². The van der Waals surface area contributed by atoms with Crippen molar-refractivity contribution in [2.24, 2.45) is 5.92 Å². The van der Waals surface area contributed by atoms with Gasteiger partial charge in [0.05, 0.1) is 0 Å². The Morgan fingerprint density at radius 2 is 1.80 bits per heavy atom. The van der Waals surface area contributed by atoms with Gasteiger partial charge in [-0.3, -0.25) is 19.7 Å². The quantitative estimate of drug-likeness (QED) is 0.290. The van der Waals surface area contributed by atoms with Crippen molar-refractivity contribution in [2.75, 3.05) is 23.3 Å². The average molecular weight is 601 g/mol. The summed E-state index contributed by atoms with van der Waals surface area (Å²) in [6.45, 7) is 6.45. The van der Waals surface area contributed by atoms with Crippen LogP contribution in [-0.2, 0) is 16.6 Å². The van der Waals surface area contributed by atoms with Gasteiger partial charge in [-0.05, 0) is 87.1 Å². The fourth-order valence-corrected chi connectivity index (χ4v) is 7.47. The molecule has 0 radical (unpaired) electrons. The lowest BCUT2D eigenvalue weighted by molar-refractivity contribution is 0.0635. The molecule has 3 aromatic carbocycles. The van der Waals surface area contributed by atoms with E-state index >= 15 is 0 Å². The van der Waals surface area contributed by atoms with E-state index in [1.165, 1.54) is 0 Å². The number of rotatable bonds is 3. The fourth-order valence-electron chi connectivity index (χ4n) is 7.47. The van der Waals surface area contributed by atoms with E-state index in [4.69, 9.17) is 4.74 Å². The second-order valence-electron chi connectivity index (χ2n) is 13.3. The standard InChI is InChI=1S/C36H32N4O5/c1-35(2,3)45-34(44)37-22-8-6-7-20(15-22)32(42)39-14-13-23-25-16-28(38-27(25)11-12-29(23)39)33(43)40-19-21-18-36(21)26-10-5-4-9-24(26)30(41)17-31(36)40/h4-12,15-17,21,38H,13-14,18-19H2,1-3H3,(H,37,44). The number of aromatic amines is 1. The minimum atomic E-state index is -0.639. The maximum atomic E-state index is 13.9. The third-order valence-corrected chi connectivity index (χ3v) is 9.44. The lowest BCUT2D eigenvalue weighted by Crippen LogP contribution is -2.33. The van der Waals surface area contributed by atoms with Crippen molar-refractivity contribution < 1.29 is 23.9 Å². The molecule has 9 nitrogen and oxygen atoms in total. The lowest BCUT2D eigenvalue weighted by Gasteiger charge is -2.29. The number of benzene rings is 3. The molecular weight excluding hydrogens is 568 g/mol. The highest BCUT2D eigenvalue weighted by atomic mass is 16.6. The largest absolute Gasteiger partial charge is 0.444 e. The number of piperidine rings is 1. The van der Waals surface area contributed by atoms with Crippen LogP contribution in [0.15, 0.2) is 78.5 Å². The molecule has 2 unspecified atom stereocenters. The van der Waals surface area contributed by atoms with Gasteiger partial charge in [0.25, 0.3) is 11.8 Å². The lowest BCUT2D eigenvalue weighted by atomic mass is 9.81. The SMILES string of the molecule is CC(C)(C)OC(=O)Nc1cccc(C(=O)N2CCc3c2ccc2[nH]c(C(=O)N4CC5CC56C4=CC(=O)c4ccccc46)cc32)c1. The van der Waals surface area contributed by atoms with E-state index in [0.717, 1.165) is 45.4 Å². The van der Waals surface area contributed by atoms with Crippen LogP contribution in [0, 0.1) is 5.92 Å². The van der Waals surface area contributed by atoms with Gasteiger partial charge >= 0.3 is 6.09 Å². The first kappa shape index (κ1) is 27.4. The van der Waals surface area contributed by atoms with Gasteiger partial charge in [-0.15, -0.1) is 0 Å². The molecule has 4 aliphatic rings. The zero-order valence-corrected chi connectivity index (χ0v) is 25.3. The predicted molar refractivity (Wildman–Crippen MR) is 170 cm³/mol. The molecule has 1 saturated carbocycles. The maximum Gasteiger partial charge on any atom is 0.412 e. The summed E-state index contributed by atoms with van der Waals surface area (Å²) in [6, 6.07) is 20.3. The Morgan fingerprint density at radius 1 is 0.978 bits per heavy atom. The molecule has 226 valence electrons. The summed E-state index contributed by atoms with van der Waals surface area (Å²) >= 11 is 0. The minimum absolute atomic E-state index is 0.0537. The number of nitrogens with one attached hydrogen (secondary N) is 2. The molecule has 45 heavy (non-hydrogen) atoms. The van der Waals surface area contributed by atoms with Crippen molar-refractivity contribution in [3.05, 3.63) is 106 Å². The number of hydrogen-bond donors (Lipinski definition) is 2. The number of amides is 3. The van der Waals surface area contributed by atoms with Gasteiger partial charge < -0.3 is 19.5 Å². The van der Waals surface area contributed by atoms with Crippen LogP contribution in [0.4, 0.5) is 16.2 Å². The minimum Gasteiger partial charge on any atom is -0.444 e. The molecule has 1 saturated heterocycles. The van der Waals surface area contributed by atoms with Gasteiger partial charge in [-0.2, -0.15) is 0 Å². The van der Waals surface area contributed by atoms with Crippen LogP contribution in [0.3, 0.4) is 0 Å². The second-order valence-corrected chi connectivity index (χ2v) is 13.3. The summed E-state index contributed by atoms with van der Waals surface area (Å²) in [5, 5.41) is 3.61. The van der Waals surface area contributed by atoms with Gasteiger partial charge in [-0.25, -0.2) is 4.79 Å². The molecule has 2 atom stereocenters. The molecule has 4 aromatic rings. The van der Waals surface area contributed by atoms with Crippen LogP contribution in [0.2, 0.25) is 0 Å². The smallest absolute Gasteiger partial charge is 0.412 e. The van der Waals surface area contributed by atoms with Crippen molar-refractivity contribution in [2.45, 2.75) is 44.6 Å². The van der Waals surface area contributed by atoms with Gasteiger partial charge in [0.15, 0.2) is 5.78 Å². The number of anilines is 2. The van der Waals surface area contributed by atoms with Crippen molar-refractivity contribution in [1.82, 2.24) is 9.88 Å². The van der Waals surface area contributed by atoms with Crippen LogP contribution in [0.1, 0.15) is 69.5 Å². The van der Waals surface area contributed by atoms with E-state index in [9.17, 15) is 19.2 Å². The van der Waals surface area contributed by atoms with Crippen molar-refractivity contribution in [3.63, 3.8) is 0 Å². The zero-order valence-electron chi connectivity index (χ0n) is 25.3. The molecule has 1 aromatic heterocycles. The molecule has 2 aliphatic carbocycles. The number of fused-ring (bicyclic) bond motifs is 4. The molecule has 8 rings (SSSR count). The first-order chi connectivity index (χ1) is 21.5. The number of allylic oxidation sites excluding steroid dienone is 2. The first-order valence-electron chi connectivity index (χ1n) is 15.3. The number of aromatic nitrogens is 1. The van der Waals surface area contributed by atoms with E-state index in [2.05, 4.69) is 10.3 Å². The third-order valence-electron chi connectivity index (χ3n) is 9.44. The second kappa shape index (κ2) is 9.41. The molecule has 3 amide bonds. The monoisotopic (exact) mass is 600 g/mol. The topological polar surface area (TPSA) is 112 Å². The van der Waals surface area contributed by atoms with Crippen LogP contribution in [0.25, 0.3) is 10.9 Å². The average Bonchev–Trinajstić information content (AvgIpc) is 3.30. The summed E-state index contributed by atoms with van der Waals surface area (Å²) < 4.78 is 5.34. The molecular formula is C36H32N4O5. The first-order valence-corrected chi connectivity index (χ1v) is 15.3. The summed E-state index contributed by atoms with van der Waals surface area (Å²) in [4.78, 5) is 59.7. The molecule has 9 heteroatoms. The molecule has 2 N–H and O–H groups in total. The Hall–Kier alpha value is -5.18. The molecule has 0 bridgehead atoms. The number of carbonyl (C=O) groups excluding carboxylic acids is 4. The molecule has 2 fully saturated rings. The summed E-state index contributed by atoms with van der Waals surface area (Å²) in [7, 11) is 0. The van der Waals surface area contributed by atoms with Crippen LogP contribution >= 0.6 is 0 Å². The third kappa shape index (κ3) is 4.21. The van der Waals surface area contributed by atoms with E-state index < -0.39 is 11.7 Å². The molecule has 2 aliphatic heterocycles. The summed E-state index contributed by atoms with van der Waals surface area (Å²) in [6.07, 6.45) is 2.67. The van der Waals surface area contributed by atoms with Gasteiger partial charge in [-0.1, -0.05) is 30.3 Å². The van der Waals surface area contributed by atoms with Gasteiger partial charge in [0, 0.05) is 63.7 Å². The Bertz CT molecular complexity index is 2020. The summed E-state index contributed by atoms with van der Waals surface area (Å²) in [5.41, 5.74) is 5.72. The number of ketones is 1. The molecule has 1 spiro atoms. The maximum absolute atomic E-state index is 13.9. The highest BCUT2D eigenvalue weighted by Crippen LogP contribution is 2.66. The normalized spacial score (nSPS) is 21.1. The van der Waals surface area contributed by atoms with Crippen LogP contribution < -0.4 is 10.2 Å². The van der Waals surface area contributed by atoms with Crippen LogP contribution in [0.5, 0.6) is 0 Å². The van der Waals surface area contributed by atoms with E-state index in [-0.39, 0.29) is 23.0 Å². The number of hydrogen-bond acceptors (Lipinski definition) is 5. The van der Waals surface area contributed by atoms with Crippen molar-refractivity contribution in [1.29, 1.82) is 0 Å². The van der Waals surface area contributed by atoms with E-state index in [1.807, 2.05) is 42.5 Å². The Kier molecular flexibility index (Phi) is 5.72. The van der Waals surface area contributed by atoms with Crippen LogP contribution in [-0.4, -0.2) is 52.3 Å². The Morgan fingerprint density at radius 3 is 2.62 bits per heavy atom. The van der Waals surface area contributed by atoms with Crippen molar-refractivity contribution in [3.8, 4) is 0 Å². The number of ether oxygens (including phenoxy) is 1.